The standard InChI is InChI=1S/C10H11BrClFN2O2S/c11-8-5-7(13)6-9(12)10(8)14-18(16,17)15-3-1-2-4-15/h5-6,14H,1-4H2. The Morgan fingerprint density at radius 3 is 2.50 bits per heavy atom. The van der Waals surface area contributed by atoms with Crippen LogP contribution in [0.5, 0.6) is 0 Å². The summed E-state index contributed by atoms with van der Waals surface area (Å²) in [6, 6.07) is 2.22. The van der Waals surface area contributed by atoms with Gasteiger partial charge in [-0.05, 0) is 40.9 Å². The Balaban J connectivity index is 2.29. The molecule has 100 valence electrons. The SMILES string of the molecule is O=S(=O)(Nc1c(Cl)cc(F)cc1Br)N1CCCC1. The van der Waals surface area contributed by atoms with E-state index in [1.54, 1.807) is 0 Å². The molecular formula is C10H11BrClFN2O2S. The fourth-order valence-corrected chi connectivity index (χ4v) is 4.19. The molecule has 1 aromatic carbocycles. The van der Waals surface area contributed by atoms with E-state index in [4.69, 9.17) is 11.6 Å². The maximum atomic E-state index is 13.0. The molecule has 0 atom stereocenters. The van der Waals surface area contributed by atoms with Gasteiger partial charge in [-0.3, -0.25) is 4.72 Å². The largest absolute Gasteiger partial charge is 0.301 e. The predicted octanol–water partition coefficient (Wildman–Crippen LogP) is 2.99. The van der Waals surface area contributed by atoms with Gasteiger partial charge in [0.25, 0.3) is 0 Å². The Hall–Kier alpha value is -0.370. The highest BCUT2D eigenvalue weighted by molar-refractivity contribution is 9.10. The highest BCUT2D eigenvalue weighted by atomic mass is 79.9. The average Bonchev–Trinajstić information content (AvgIpc) is 2.77. The van der Waals surface area contributed by atoms with Crippen molar-refractivity contribution in [1.82, 2.24) is 4.31 Å². The first-order chi connectivity index (χ1) is 8.40. The molecule has 1 N–H and O–H groups in total. The second-order valence-corrected chi connectivity index (χ2v) is 6.89. The molecule has 0 unspecified atom stereocenters. The molecule has 1 saturated heterocycles. The minimum absolute atomic E-state index is 0.0182. The Kier molecular flexibility index (Phi) is 4.15. The monoisotopic (exact) mass is 356 g/mol. The van der Waals surface area contributed by atoms with Crippen molar-refractivity contribution in [3.8, 4) is 0 Å². The van der Waals surface area contributed by atoms with E-state index in [1.165, 1.54) is 4.31 Å². The van der Waals surface area contributed by atoms with Crippen molar-refractivity contribution in [2.24, 2.45) is 0 Å². The maximum absolute atomic E-state index is 13.0. The van der Waals surface area contributed by atoms with Gasteiger partial charge >= 0.3 is 10.2 Å². The van der Waals surface area contributed by atoms with Gasteiger partial charge in [0.1, 0.15) is 5.82 Å². The lowest BCUT2D eigenvalue weighted by molar-refractivity contribution is 0.482. The highest BCUT2D eigenvalue weighted by Crippen LogP contribution is 2.33. The number of hydrogen-bond donors (Lipinski definition) is 1. The van der Waals surface area contributed by atoms with E-state index in [0.717, 1.165) is 25.0 Å². The second kappa shape index (κ2) is 5.32. The number of rotatable bonds is 3. The lowest BCUT2D eigenvalue weighted by Gasteiger charge is -2.18. The van der Waals surface area contributed by atoms with E-state index in [0.29, 0.717) is 13.1 Å². The fraction of sp³-hybridized carbons (Fsp3) is 0.400. The van der Waals surface area contributed by atoms with Crippen LogP contribution in [-0.4, -0.2) is 25.8 Å². The molecule has 0 saturated carbocycles. The predicted molar refractivity (Wildman–Crippen MR) is 72.5 cm³/mol. The van der Waals surface area contributed by atoms with Crippen LogP contribution in [0.3, 0.4) is 0 Å². The van der Waals surface area contributed by atoms with Crippen LogP contribution in [0.25, 0.3) is 0 Å². The van der Waals surface area contributed by atoms with Gasteiger partial charge in [0.2, 0.25) is 0 Å². The topological polar surface area (TPSA) is 49.4 Å². The highest BCUT2D eigenvalue weighted by Gasteiger charge is 2.26. The van der Waals surface area contributed by atoms with Crippen LogP contribution in [-0.2, 0) is 10.2 Å². The van der Waals surface area contributed by atoms with Crippen LogP contribution >= 0.6 is 27.5 Å². The summed E-state index contributed by atoms with van der Waals surface area (Å²) < 4.78 is 41.1. The van der Waals surface area contributed by atoms with Crippen molar-refractivity contribution in [2.45, 2.75) is 12.8 Å². The Labute approximate surface area is 118 Å². The summed E-state index contributed by atoms with van der Waals surface area (Å²) >= 11 is 8.92. The fourth-order valence-electron chi connectivity index (χ4n) is 1.76. The maximum Gasteiger partial charge on any atom is 0.301 e. The molecule has 1 heterocycles. The molecule has 1 aliphatic heterocycles. The molecule has 2 rings (SSSR count). The van der Waals surface area contributed by atoms with Crippen LogP contribution in [0, 0.1) is 5.82 Å². The number of nitrogens with one attached hydrogen (secondary N) is 1. The average molecular weight is 358 g/mol. The lowest BCUT2D eigenvalue weighted by atomic mass is 10.3. The van der Waals surface area contributed by atoms with Gasteiger partial charge in [-0.15, -0.1) is 0 Å². The first-order valence-electron chi connectivity index (χ1n) is 5.32. The molecule has 1 fully saturated rings. The van der Waals surface area contributed by atoms with Crippen molar-refractivity contribution in [2.75, 3.05) is 17.8 Å². The van der Waals surface area contributed by atoms with Gasteiger partial charge < -0.3 is 0 Å². The molecule has 1 aromatic rings. The normalized spacial score (nSPS) is 17.1. The number of anilines is 1. The molecule has 0 amide bonds. The van der Waals surface area contributed by atoms with Gasteiger partial charge in [0, 0.05) is 17.6 Å². The van der Waals surface area contributed by atoms with E-state index < -0.39 is 16.0 Å². The van der Waals surface area contributed by atoms with Crippen LogP contribution in [0.4, 0.5) is 10.1 Å². The summed E-state index contributed by atoms with van der Waals surface area (Å²) in [6.45, 7) is 0.984. The molecule has 8 heteroatoms. The third kappa shape index (κ3) is 2.96. The molecule has 0 spiro atoms. The van der Waals surface area contributed by atoms with E-state index >= 15 is 0 Å². The summed E-state index contributed by atoms with van der Waals surface area (Å²) in [7, 11) is -3.62. The molecule has 0 aliphatic carbocycles. The van der Waals surface area contributed by atoms with Crippen LogP contribution in [0.2, 0.25) is 5.02 Å². The number of nitrogens with zero attached hydrogens (tertiary/aromatic N) is 1. The van der Waals surface area contributed by atoms with Gasteiger partial charge in [0.15, 0.2) is 0 Å². The van der Waals surface area contributed by atoms with E-state index in [9.17, 15) is 12.8 Å². The third-order valence-electron chi connectivity index (χ3n) is 2.64. The van der Waals surface area contributed by atoms with E-state index in [-0.39, 0.29) is 15.2 Å². The molecule has 1 aliphatic rings. The van der Waals surface area contributed by atoms with Gasteiger partial charge in [0.05, 0.1) is 10.7 Å². The first kappa shape index (κ1) is 14.0. The Morgan fingerprint density at radius 1 is 1.33 bits per heavy atom. The zero-order valence-electron chi connectivity index (χ0n) is 9.29. The molecule has 18 heavy (non-hydrogen) atoms. The van der Waals surface area contributed by atoms with Crippen molar-refractivity contribution in [1.29, 1.82) is 0 Å². The van der Waals surface area contributed by atoms with Crippen molar-refractivity contribution >= 4 is 43.4 Å². The molecule has 0 aromatic heterocycles. The van der Waals surface area contributed by atoms with Gasteiger partial charge in [-0.1, -0.05) is 11.6 Å². The summed E-state index contributed by atoms with van der Waals surface area (Å²) in [5.74, 6) is -0.531. The summed E-state index contributed by atoms with van der Waals surface area (Å²) in [5.41, 5.74) is 0.157. The van der Waals surface area contributed by atoms with Crippen molar-refractivity contribution < 1.29 is 12.8 Å². The first-order valence-corrected chi connectivity index (χ1v) is 7.94. The van der Waals surface area contributed by atoms with Crippen LogP contribution < -0.4 is 4.72 Å². The van der Waals surface area contributed by atoms with Crippen molar-refractivity contribution in [3.63, 3.8) is 0 Å². The molecular weight excluding hydrogens is 347 g/mol. The van der Waals surface area contributed by atoms with E-state index in [1.807, 2.05) is 0 Å². The van der Waals surface area contributed by atoms with Crippen LogP contribution in [0.1, 0.15) is 12.8 Å². The smallest absolute Gasteiger partial charge is 0.268 e. The molecule has 4 nitrogen and oxygen atoms in total. The third-order valence-corrected chi connectivity index (χ3v) is 5.07. The Bertz CT molecular complexity index is 538. The number of halogens is 3. The Morgan fingerprint density at radius 2 is 1.94 bits per heavy atom. The van der Waals surface area contributed by atoms with Gasteiger partial charge in [-0.25, -0.2) is 4.39 Å². The zero-order valence-corrected chi connectivity index (χ0v) is 12.4. The number of benzene rings is 1. The summed E-state index contributed by atoms with van der Waals surface area (Å²) in [6.07, 6.45) is 1.69. The van der Waals surface area contributed by atoms with Gasteiger partial charge in [-0.2, -0.15) is 12.7 Å². The van der Waals surface area contributed by atoms with E-state index in [2.05, 4.69) is 20.7 Å². The van der Waals surface area contributed by atoms with Crippen molar-refractivity contribution in [3.05, 3.63) is 27.4 Å². The summed E-state index contributed by atoms with van der Waals surface area (Å²) in [4.78, 5) is 0. The quantitative estimate of drug-likeness (QED) is 0.904. The zero-order chi connectivity index (χ0) is 13.3. The minimum atomic E-state index is -3.62. The lowest BCUT2D eigenvalue weighted by Crippen LogP contribution is -2.33. The molecule has 0 bridgehead atoms. The summed E-state index contributed by atoms with van der Waals surface area (Å²) in [5, 5.41) is 0.0182. The minimum Gasteiger partial charge on any atom is -0.268 e. The second-order valence-electron chi connectivity index (χ2n) is 3.96. The van der Waals surface area contributed by atoms with Crippen LogP contribution in [0.15, 0.2) is 16.6 Å². The number of hydrogen-bond acceptors (Lipinski definition) is 2. The molecule has 0 radical (unpaired) electrons.